The molecule has 2 rings (SSSR count). The van der Waals surface area contributed by atoms with Crippen molar-refractivity contribution in [3.8, 4) is 0 Å². The van der Waals surface area contributed by atoms with E-state index >= 15 is 0 Å². The third-order valence-corrected chi connectivity index (χ3v) is 4.24. The van der Waals surface area contributed by atoms with Crippen LogP contribution in [0.4, 0.5) is 0 Å². The van der Waals surface area contributed by atoms with Crippen LogP contribution in [0.2, 0.25) is 5.02 Å². The topological polar surface area (TPSA) is 26.0 Å². The standard InChI is InChI=1S/C15H22ClN/c1-2-12-6-4-8-15(17,10-12)11-13-5-3-7-14(16)9-13/h3,5,7,9,12H,2,4,6,8,10-11,17H2,1H3. The molecule has 0 aromatic heterocycles. The maximum atomic E-state index is 6.56. The lowest BCUT2D eigenvalue weighted by molar-refractivity contribution is 0.218. The highest BCUT2D eigenvalue weighted by atomic mass is 35.5. The van der Waals surface area contributed by atoms with Crippen molar-refractivity contribution in [2.24, 2.45) is 11.7 Å². The van der Waals surface area contributed by atoms with Gasteiger partial charge in [-0.25, -0.2) is 0 Å². The van der Waals surface area contributed by atoms with Gasteiger partial charge in [-0.05, 0) is 42.9 Å². The fourth-order valence-corrected chi connectivity index (χ4v) is 3.30. The summed E-state index contributed by atoms with van der Waals surface area (Å²) in [6.45, 7) is 2.27. The minimum atomic E-state index is -0.0103. The summed E-state index contributed by atoms with van der Waals surface area (Å²) >= 11 is 6.02. The molecule has 2 heteroatoms. The van der Waals surface area contributed by atoms with Gasteiger partial charge in [0.1, 0.15) is 0 Å². The van der Waals surface area contributed by atoms with Gasteiger partial charge in [0.15, 0.2) is 0 Å². The van der Waals surface area contributed by atoms with Gasteiger partial charge in [-0.3, -0.25) is 0 Å². The van der Waals surface area contributed by atoms with Gasteiger partial charge in [0.2, 0.25) is 0 Å². The zero-order chi connectivity index (χ0) is 12.3. The molecule has 0 saturated heterocycles. The Morgan fingerprint density at radius 1 is 1.47 bits per heavy atom. The minimum absolute atomic E-state index is 0.0103. The molecule has 0 spiro atoms. The van der Waals surface area contributed by atoms with Gasteiger partial charge < -0.3 is 5.73 Å². The molecule has 2 unspecified atom stereocenters. The summed E-state index contributed by atoms with van der Waals surface area (Å²) in [7, 11) is 0. The smallest absolute Gasteiger partial charge is 0.0408 e. The van der Waals surface area contributed by atoms with Crippen molar-refractivity contribution >= 4 is 11.6 Å². The van der Waals surface area contributed by atoms with Crippen LogP contribution < -0.4 is 5.73 Å². The van der Waals surface area contributed by atoms with Crippen LogP contribution in [0.3, 0.4) is 0 Å². The first-order valence-corrected chi connectivity index (χ1v) is 7.02. The van der Waals surface area contributed by atoms with E-state index < -0.39 is 0 Å². The maximum absolute atomic E-state index is 6.56. The van der Waals surface area contributed by atoms with E-state index in [4.69, 9.17) is 17.3 Å². The van der Waals surface area contributed by atoms with Gasteiger partial charge in [0.25, 0.3) is 0 Å². The molecule has 1 aliphatic carbocycles. The summed E-state index contributed by atoms with van der Waals surface area (Å²) in [6.07, 6.45) is 7.16. The average Bonchev–Trinajstić information content (AvgIpc) is 2.28. The number of hydrogen-bond donors (Lipinski definition) is 1. The second-order valence-electron chi connectivity index (χ2n) is 5.54. The van der Waals surface area contributed by atoms with Gasteiger partial charge in [0.05, 0.1) is 0 Å². The molecule has 1 fully saturated rings. The number of rotatable bonds is 3. The molecule has 1 aliphatic rings. The van der Waals surface area contributed by atoms with E-state index in [-0.39, 0.29) is 5.54 Å². The second-order valence-corrected chi connectivity index (χ2v) is 5.98. The van der Waals surface area contributed by atoms with Crippen LogP contribution in [0, 0.1) is 5.92 Å². The first-order chi connectivity index (χ1) is 8.11. The zero-order valence-electron chi connectivity index (χ0n) is 10.6. The molecule has 0 amide bonds. The molecular formula is C15H22ClN. The van der Waals surface area contributed by atoms with E-state index in [9.17, 15) is 0 Å². The predicted octanol–water partition coefficient (Wildman–Crippen LogP) is 4.18. The van der Waals surface area contributed by atoms with Crippen LogP contribution in [0.5, 0.6) is 0 Å². The Bertz CT molecular complexity index is 377. The van der Waals surface area contributed by atoms with Gasteiger partial charge in [-0.2, -0.15) is 0 Å². The Balaban J connectivity index is 2.06. The van der Waals surface area contributed by atoms with Crippen molar-refractivity contribution in [3.05, 3.63) is 34.9 Å². The van der Waals surface area contributed by atoms with Crippen molar-refractivity contribution in [2.75, 3.05) is 0 Å². The molecule has 2 atom stereocenters. The highest BCUT2D eigenvalue weighted by molar-refractivity contribution is 6.30. The van der Waals surface area contributed by atoms with Gasteiger partial charge in [-0.15, -0.1) is 0 Å². The van der Waals surface area contributed by atoms with Crippen LogP contribution in [0.15, 0.2) is 24.3 Å². The molecule has 1 aromatic carbocycles. The first-order valence-electron chi connectivity index (χ1n) is 6.65. The number of hydrogen-bond acceptors (Lipinski definition) is 1. The Hall–Kier alpha value is -0.530. The van der Waals surface area contributed by atoms with Crippen LogP contribution in [-0.4, -0.2) is 5.54 Å². The van der Waals surface area contributed by atoms with Crippen molar-refractivity contribution in [1.82, 2.24) is 0 Å². The molecule has 94 valence electrons. The van der Waals surface area contributed by atoms with E-state index in [0.29, 0.717) is 0 Å². The number of halogens is 1. The molecule has 0 aliphatic heterocycles. The third kappa shape index (κ3) is 3.46. The summed E-state index contributed by atoms with van der Waals surface area (Å²) in [5, 5.41) is 0.814. The zero-order valence-corrected chi connectivity index (χ0v) is 11.3. The Kier molecular flexibility index (Phi) is 4.11. The quantitative estimate of drug-likeness (QED) is 0.857. The van der Waals surface area contributed by atoms with Crippen molar-refractivity contribution < 1.29 is 0 Å². The highest BCUT2D eigenvalue weighted by Gasteiger charge is 2.32. The monoisotopic (exact) mass is 251 g/mol. The van der Waals surface area contributed by atoms with Crippen LogP contribution in [0.25, 0.3) is 0 Å². The third-order valence-electron chi connectivity index (χ3n) is 4.00. The summed E-state index contributed by atoms with van der Waals surface area (Å²) in [6, 6.07) is 8.12. The van der Waals surface area contributed by atoms with Gasteiger partial charge >= 0.3 is 0 Å². The Morgan fingerprint density at radius 2 is 2.29 bits per heavy atom. The lowest BCUT2D eigenvalue weighted by atomic mass is 9.72. The van der Waals surface area contributed by atoms with E-state index in [1.54, 1.807) is 0 Å². The normalized spacial score (nSPS) is 29.2. The minimum Gasteiger partial charge on any atom is -0.325 e. The number of nitrogens with two attached hydrogens (primary N) is 1. The number of benzene rings is 1. The molecule has 0 bridgehead atoms. The van der Waals surface area contributed by atoms with Crippen molar-refractivity contribution in [1.29, 1.82) is 0 Å². The van der Waals surface area contributed by atoms with E-state index in [1.807, 2.05) is 18.2 Å². The Labute approximate surface area is 109 Å². The molecule has 1 saturated carbocycles. The highest BCUT2D eigenvalue weighted by Crippen LogP contribution is 2.34. The summed E-state index contributed by atoms with van der Waals surface area (Å²) in [4.78, 5) is 0. The van der Waals surface area contributed by atoms with Crippen molar-refractivity contribution in [2.45, 2.75) is 51.0 Å². The summed E-state index contributed by atoms with van der Waals surface area (Å²) in [5.41, 5.74) is 7.83. The molecule has 2 N–H and O–H groups in total. The largest absolute Gasteiger partial charge is 0.325 e. The molecule has 1 nitrogen and oxygen atoms in total. The predicted molar refractivity (Wildman–Crippen MR) is 74.3 cm³/mol. The van der Waals surface area contributed by atoms with Gasteiger partial charge in [-0.1, -0.05) is 49.9 Å². The first kappa shape index (κ1) is 12.9. The SMILES string of the molecule is CCC1CCCC(N)(Cc2cccc(Cl)c2)C1. The molecular weight excluding hydrogens is 230 g/mol. The average molecular weight is 252 g/mol. The fraction of sp³-hybridized carbons (Fsp3) is 0.600. The summed E-state index contributed by atoms with van der Waals surface area (Å²) in [5.74, 6) is 0.813. The second kappa shape index (κ2) is 5.41. The fourth-order valence-electron chi connectivity index (χ4n) is 3.08. The lowest BCUT2D eigenvalue weighted by Crippen LogP contribution is -2.46. The molecule has 1 aromatic rings. The maximum Gasteiger partial charge on any atom is 0.0408 e. The molecule has 0 heterocycles. The Morgan fingerprint density at radius 3 is 3.00 bits per heavy atom. The molecule has 0 radical (unpaired) electrons. The van der Waals surface area contributed by atoms with E-state index in [2.05, 4.69) is 13.0 Å². The van der Waals surface area contributed by atoms with E-state index in [1.165, 1.54) is 24.8 Å². The van der Waals surface area contributed by atoms with Crippen LogP contribution in [-0.2, 0) is 6.42 Å². The van der Waals surface area contributed by atoms with Gasteiger partial charge in [0, 0.05) is 10.6 Å². The van der Waals surface area contributed by atoms with Crippen LogP contribution >= 0.6 is 11.6 Å². The summed E-state index contributed by atoms with van der Waals surface area (Å²) < 4.78 is 0. The van der Waals surface area contributed by atoms with E-state index in [0.717, 1.165) is 30.2 Å². The molecule has 17 heavy (non-hydrogen) atoms. The lowest BCUT2D eigenvalue weighted by Gasteiger charge is -2.38. The van der Waals surface area contributed by atoms with Crippen molar-refractivity contribution in [3.63, 3.8) is 0 Å². The van der Waals surface area contributed by atoms with Crippen LogP contribution in [0.1, 0.15) is 44.6 Å².